The van der Waals surface area contributed by atoms with Gasteiger partial charge in [-0.05, 0) is 62.9 Å². The van der Waals surface area contributed by atoms with Crippen molar-refractivity contribution in [3.05, 3.63) is 29.1 Å². The number of rotatable bonds is 6. The second kappa shape index (κ2) is 7.13. The minimum Gasteiger partial charge on any atom is -0.466 e. The summed E-state index contributed by atoms with van der Waals surface area (Å²) in [6.45, 7) is 3.65. The van der Waals surface area contributed by atoms with Crippen molar-refractivity contribution in [2.75, 3.05) is 20.2 Å². The van der Waals surface area contributed by atoms with E-state index in [0.717, 1.165) is 16.9 Å². The number of aryl methyl sites for hydroxylation is 2. The second-order valence-corrected chi connectivity index (χ2v) is 6.32. The third-order valence-corrected chi connectivity index (χ3v) is 4.42. The van der Waals surface area contributed by atoms with E-state index in [1.165, 1.54) is 36.8 Å². The Labute approximate surface area is 137 Å². The molecule has 1 N–H and O–H groups in total. The summed E-state index contributed by atoms with van der Waals surface area (Å²) in [4.78, 5) is 21.6. The van der Waals surface area contributed by atoms with Crippen molar-refractivity contribution < 1.29 is 9.53 Å². The van der Waals surface area contributed by atoms with Crippen LogP contribution in [0.3, 0.4) is 0 Å². The number of aromatic amines is 1. The van der Waals surface area contributed by atoms with Gasteiger partial charge in [-0.15, -0.1) is 0 Å². The number of ether oxygens (including phenoxy) is 1. The number of H-pyrrole nitrogens is 1. The van der Waals surface area contributed by atoms with Crippen molar-refractivity contribution in [3.8, 4) is 0 Å². The molecule has 0 spiro atoms. The van der Waals surface area contributed by atoms with Crippen LogP contribution in [0.15, 0.2) is 12.1 Å². The number of esters is 1. The lowest BCUT2D eigenvalue weighted by Crippen LogP contribution is -2.22. The molecule has 1 aliphatic carbocycles. The molecule has 1 aromatic heterocycles. The molecule has 23 heavy (non-hydrogen) atoms. The van der Waals surface area contributed by atoms with Crippen molar-refractivity contribution in [2.45, 2.75) is 45.6 Å². The first kappa shape index (κ1) is 16.0. The lowest BCUT2D eigenvalue weighted by atomic mass is 9.91. The Balaban J connectivity index is 1.65. The molecule has 0 unspecified atom stereocenters. The lowest BCUT2D eigenvalue weighted by Gasteiger charge is -2.14. The molecule has 0 saturated heterocycles. The Bertz CT molecular complexity index is 650. The Hall–Kier alpha value is -1.88. The fraction of sp³-hybridized carbons (Fsp3) is 0.556. The molecular formula is C18H25N3O2. The van der Waals surface area contributed by atoms with Crippen LogP contribution in [-0.4, -0.2) is 41.0 Å². The molecule has 0 atom stereocenters. The smallest absolute Gasteiger partial charge is 0.307 e. The molecule has 1 aromatic carbocycles. The summed E-state index contributed by atoms with van der Waals surface area (Å²) in [6.07, 6.45) is 5.34. The van der Waals surface area contributed by atoms with Crippen molar-refractivity contribution in [1.29, 1.82) is 0 Å². The second-order valence-electron chi connectivity index (χ2n) is 6.32. The Morgan fingerprint density at radius 2 is 2.04 bits per heavy atom. The zero-order valence-electron chi connectivity index (χ0n) is 14.0. The number of fused-ring (bicyclic) bond motifs is 2. The van der Waals surface area contributed by atoms with Gasteiger partial charge in [-0.1, -0.05) is 0 Å². The zero-order valence-corrected chi connectivity index (χ0v) is 14.0. The van der Waals surface area contributed by atoms with E-state index in [2.05, 4.69) is 22.0 Å². The average Bonchev–Trinajstić information content (AvgIpc) is 2.91. The minimum atomic E-state index is -0.142. The van der Waals surface area contributed by atoms with E-state index < -0.39 is 0 Å². The molecule has 0 fully saturated rings. The zero-order chi connectivity index (χ0) is 16.2. The summed E-state index contributed by atoms with van der Waals surface area (Å²) in [6, 6.07) is 4.50. The van der Waals surface area contributed by atoms with Crippen molar-refractivity contribution in [2.24, 2.45) is 0 Å². The van der Waals surface area contributed by atoms with Gasteiger partial charge in [-0.3, -0.25) is 9.69 Å². The summed E-state index contributed by atoms with van der Waals surface area (Å²) in [5.74, 6) is 0.810. The van der Waals surface area contributed by atoms with E-state index >= 15 is 0 Å². The van der Waals surface area contributed by atoms with Crippen LogP contribution >= 0.6 is 0 Å². The third-order valence-electron chi connectivity index (χ3n) is 4.42. The summed E-state index contributed by atoms with van der Waals surface area (Å²) in [5.41, 5.74) is 5.10. The van der Waals surface area contributed by atoms with Crippen LogP contribution in [0.4, 0.5) is 0 Å². The minimum absolute atomic E-state index is 0.142. The number of imidazole rings is 1. The number of carbonyl (C=O) groups is 1. The van der Waals surface area contributed by atoms with Gasteiger partial charge in [0.2, 0.25) is 0 Å². The predicted octanol–water partition coefficient (Wildman–Crippen LogP) is 2.83. The molecule has 0 radical (unpaired) electrons. The monoisotopic (exact) mass is 315 g/mol. The molecule has 1 heterocycles. The molecule has 5 heteroatoms. The van der Waals surface area contributed by atoms with Crippen molar-refractivity contribution >= 4 is 17.0 Å². The predicted molar refractivity (Wildman–Crippen MR) is 90.3 cm³/mol. The number of nitrogens with zero attached hydrogens (tertiary/aromatic N) is 2. The highest BCUT2D eigenvalue weighted by molar-refractivity contribution is 5.77. The van der Waals surface area contributed by atoms with Gasteiger partial charge in [-0.25, -0.2) is 4.98 Å². The molecule has 0 bridgehead atoms. The van der Waals surface area contributed by atoms with Gasteiger partial charge in [0.25, 0.3) is 0 Å². The number of carbonyl (C=O) groups excluding carboxylic acids is 1. The standard InChI is InChI=1S/C18H25N3O2/c1-3-23-18(22)8-9-21(2)12-17-19-15-10-13-6-4-5-7-14(13)11-16(15)20-17/h10-11H,3-9,12H2,1-2H3,(H,19,20). The van der Waals surface area contributed by atoms with Crippen LogP contribution in [0, 0.1) is 0 Å². The number of benzene rings is 1. The first-order valence-corrected chi connectivity index (χ1v) is 8.50. The normalized spacial score (nSPS) is 14.2. The van der Waals surface area contributed by atoms with Gasteiger partial charge >= 0.3 is 5.97 Å². The number of aromatic nitrogens is 2. The van der Waals surface area contributed by atoms with E-state index in [-0.39, 0.29) is 5.97 Å². The van der Waals surface area contributed by atoms with Crippen LogP contribution < -0.4 is 0 Å². The number of hydrogen-bond acceptors (Lipinski definition) is 4. The largest absolute Gasteiger partial charge is 0.466 e. The fourth-order valence-corrected chi connectivity index (χ4v) is 3.22. The van der Waals surface area contributed by atoms with Gasteiger partial charge in [0.15, 0.2) is 0 Å². The van der Waals surface area contributed by atoms with Crippen molar-refractivity contribution in [1.82, 2.24) is 14.9 Å². The molecule has 124 valence electrons. The van der Waals surface area contributed by atoms with Gasteiger partial charge < -0.3 is 9.72 Å². The molecule has 0 aliphatic heterocycles. The Morgan fingerprint density at radius 1 is 1.30 bits per heavy atom. The Morgan fingerprint density at radius 3 is 2.78 bits per heavy atom. The topological polar surface area (TPSA) is 58.2 Å². The summed E-state index contributed by atoms with van der Waals surface area (Å²) >= 11 is 0. The average molecular weight is 315 g/mol. The van der Waals surface area contributed by atoms with Crippen LogP contribution in [0.25, 0.3) is 11.0 Å². The number of hydrogen-bond donors (Lipinski definition) is 1. The van der Waals surface area contributed by atoms with E-state index in [1.807, 2.05) is 14.0 Å². The first-order valence-electron chi connectivity index (χ1n) is 8.50. The molecule has 0 amide bonds. The van der Waals surface area contributed by atoms with Gasteiger partial charge in [0, 0.05) is 6.54 Å². The van der Waals surface area contributed by atoms with Crippen LogP contribution in [0.2, 0.25) is 0 Å². The SMILES string of the molecule is CCOC(=O)CCN(C)Cc1nc2cc3c(cc2[nH]1)CCCC3. The third kappa shape index (κ3) is 3.91. The van der Waals surface area contributed by atoms with Gasteiger partial charge in [0.05, 0.1) is 30.6 Å². The van der Waals surface area contributed by atoms with Crippen LogP contribution in [0.1, 0.15) is 43.1 Å². The summed E-state index contributed by atoms with van der Waals surface area (Å²) < 4.78 is 4.96. The van der Waals surface area contributed by atoms with E-state index in [0.29, 0.717) is 26.1 Å². The molecule has 1 aliphatic rings. The molecule has 2 aromatic rings. The highest BCUT2D eigenvalue weighted by atomic mass is 16.5. The first-order chi connectivity index (χ1) is 11.2. The molecule has 5 nitrogen and oxygen atoms in total. The molecule has 0 saturated carbocycles. The maximum atomic E-state index is 11.4. The van der Waals surface area contributed by atoms with Gasteiger partial charge in [0.1, 0.15) is 5.82 Å². The Kier molecular flexibility index (Phi) is 4.96. The number of nitrogens with one attached hydrogen (secondary N) is 1. The van der Waals surface area contributed by atoms with E-state index in [1.54, 1.807) is 0 Å². The quantitative estimate of drug-likeness (QED) is 0.833. The van der Waals surface area contributed by atoms with Crippen LogP contribution in [-0.2, 0) is 28.9 Å². The van der Waals surface area contributed by atoms with E-state index in [9.17, 15) is 4.79 Å². The molecular weight excluding hydrogens is 290 g/mol. The fourth-order valence-electron chi connectivity index (χ4n) is 3.22. The highest BCUT2D eigenvalue weighted by Crippen LogP contribution is 2.25. The van der Waals surface area contributed by atoms with Gasteiger partial charge in [-0.2, -0.15) is 0 Å². The summed E-state index contributed by atoms with van der Waals surface area (Å²) in [5, 5.41) is 0. The van der Waals surface area contributed by atoms with Crippen molar-refractivity contribution in [3.63, 3.8) is 0 Å². The van der Waals surface area contributed by atoms with Crippen LogP contribution in [0.5, 0.6) is 0 Å². The lowest BCUT2D eigenvalue weighted by molar-refractivity contribution is -0.143. The molecule has 3 rings (SSSR count). The maximum Gasteiger partial charge on any atom is 0.307 e. The highest BCUT2D eigenvalue weighted by Gasteiger charge is 2.13. The maximum absolute atomic E-state index is 11.4. The van der Waals surface area contributed by atoms with E-state index in [4.69, 9.17) is 9.72 Å². The summed E-state index contributed by atoms with van der Waals surface area (Å²) in [7, 11) is 2.00.